The van der Waals surface area contributed by atoms with Gasteiger partial charge in [0.15, 0.2) is 0 Å². The Labute approximate surface area is 157 Å². The number of aliphatic hydroxyl groups is 1. The van der Waals surface area contributed by atoms with E-state index in [0.717, 1.165) is 11.1 Å². The Morgan fingerprint density at radius 1 is 1.32 bits per heavy atom. The fraction of sp³-hybridized carbons (Fsp3) is 0.444. The van der Waals surface area contributed by atoms with Gasteiger partial charge in [0.05, 0.1) is 19.3 Å². The first-order valence-electron chi connectivity index (χ1n) is 8.55. The van der Waals surface area contributed by atoms with Crippen LogP contribution in [0, 0.1) is 6.92 Å². The van der Waals surface area contributed by atoms with Crippen LogP contribution in [-0.4, -0.2) is 33.5 Å². The second-order valence-corrected chi connectivity index (χ2v) is 6.58. The monoisotopic (exact) mass is 400 g/mol. The number of nitrogens with zero attached hydrogens (tertiary/aromatic N) is 1. The van der Waals surface area contributed by atoms with Crippen molar-refractivity contribution in [2.75, 3.05) is 6.61 Å². The van der Waals surface area contributed by atoms with Crippen molar-refractivity contribution in [2.45, 2.75) is 44.6 Å². The number of hydrogen-bond acceptors (Lipinski definition) is 5. The number of hydrogen-bond donors (Lipinski definition) is 2. The lowest BCUT2D eigenvalue weighted by atomic mass is 10.1. The zero-order valence-corrected chi connectivity index (χ0v) is 14.9. The van der Waals surface area contributed by atoms with E-state index in [2.05, 4.69) is 0 Å². The summed E-state index contributed by atoms with van der Waals surface area (Å²) in [6.07, 6.45) is -7.61. The number of alkyl halides is 3. The van der Waals surface area contributed by atoms with Gasteiger partial charge in [-0.1, -0.05) is 24.3 Å². The van der Waals surface area contributed by atoms with Crippen molar-refractivity contribution in [1.29, 1.82) is 0 Å². The molecule has 0 aliphatic carbocycles. The number of H-pyrrole nitrogens is 1. The van der Waals surface area contributed by atoms with Crippen LogP contribution in [0.5, 0.6) is 0 Å². The molecule has 1 fully saturated rings. The zero-order valence-electron chi connectivity index (χ0n) is 14.9. The van der Waals surface area contributed by atoms with Crippen LogP contribution in [0.25, 0.3) is 0 Å². The smallest absolute Gasteiger partial charge is 0.390 e. The highest BCUT2D eigenvalue weighted by Crippen LogP contribution is 2.30. The summed E-state index contributed by atoms with van der Waals surface area (Å²) in [5, 5.41) is 10.1. The molecule has 152 valence electrons. The van der Waals surface area contributed by atoms with E-state index in [0.29, 0.717) is 10.8 Å². The number of benzene rings is 1. The minimum Gasteiger partial charge on any atom is -0.390 e. The van der Waals surface area contributed by atoms with Crippen LogP contribution in [0.15, 0.2) is 40.1 Å². The highest BCUT2D eigenvalue weighted by atomic mass is 19.4. The first-order chi connectivity index (χ1) is 13.2. The second-order valence-electron chi connectivity index (χ2n) is 6.58. The third-order valence-corrected chi connectivity index (χ3v) is 4.59. The van der Waals surface area contributed by atoms with Crippen molar-refractivity contribution in [3.05, 3.63) is 68.0 Å². The number of aromatic amines is 1. The van der Waals surface area contributed by atoms with E-state index in [1.807, 2.05) is 31.2 Å². The Hall–Kier alpha value is -2.43. The molecule has 0 radical (unpaired) electrons. The van der Waals surface area contributed by atoms with Crippen molar-refractivity contribution < 1.29 is 27.8 Å². The highest BCUT2D eigenvalue weighted by molar-refractivity contribution is 5.24. The summed E-state index contributed by atoms with van der Waals surface area (Å²) < 4.78 is 50.5. The number of aryl methyl sites for hydroxylation is 1. The first kappa shape index (κ1) is 20.3. The van der Waals surface area contributed by atoms with Gasteiger partial charge in [0.1, 0.15) is 17.9 Å². The van der Waals surface area contributed by atoms with Crippen LogP contribution in [0.3, 0.4) is 0 Å². The molecule has 2 heterocycles. The predicted octanol–water partition coefficient (Wildman–Crippen LogP) is 1.73. The standard InChI is InChI=1S/C18H19F3N2O5/c1-10-4-2-3-5-11(10)8-27-9-14-13(24)6-15(28-14)23-7-12(18(19,20)21)16(25)22-17(23)26/h2-5,7,13-15,24H,6,8-9H2,1H3,(H,22,25,26). The van der Waals surface area contributed by atoms with Crippen LogP contribution in [-0.2, 0) is 22.3 Å². The van der Waals surface area contributed by atoms with Gasteiger partial charge in [-0.05, 0) is 18.1 Å². The summed E-state index contributed by atoms with van der Waals surface area (Å²) in [5.74, 6) is 0. The Bertz CT molecular complexity index is 953. The van der Waals surface area contributed by atoms with Crippen LogP contribution >= 0.6 is 0 Å². The summed E-state index contributed by atoms with van der Waals surface area (Å²) >= 11 is 0. The molecule has 1 aliphatic heterocycles. The lowest BCUT2D eigenvalue weighted by molar-refractivity contribution is -0.139. The fourth-order valence-corrected chi connectivity index (χ4v) is 2.99. The lowest BCUT2D eigenvalue weighted by Gasteiger charge is -2.17. The molecule has 10 heteroatoms. The summed E-state index contributed by atoms with van der Waals surface area (Å²) in [7, 11) is 0. The molecule has 0 bridgehead atoms. The first-order valence-corrected chi connectivity index (χ1v) is 8.55. The molecule has 2 N–H and O–H groups in total. The molecule has 3 rings (SSSR count). The van der Waals surface area contributed by atoms with E-state index >= 15 is 0 Å². The van der Waals surface area contributed by atoms with E-state index in [4.69, 9.17) is 9.47 Å². The fourth-order valence-electron chi connectivity index (χ4n) is 2.99. The van der Waals surface area contributed by atoms with E-state index in [9.17, 15) is 27.9 Å². The van der Waals surface area contributed by atoms with Gasteiger partial charge in [-0.3, -0.25) is 14.3 Å². The number of aliphatic hydroxyl groups excluding tert-OH is 1. The highest BCUT2D eigenvalue weighted by Gasteiger charge is 2.39. The van der Waals surface area contributed by atoms with Crippen LogP contribution < -0.4 is 11.2 Å². The molecule has 1 aliphatic rings. The van der Waals surface area contributed by atoms with Gasteiger partial charge in [-0.15, -0.1) is 0 Å². The van der Waals surface area contributed by atoms with Gasteiger partial charge in [0.2, 0.25) is 0 Å². The third kappa shape index (κ3) is 4.34. The van der Waals surface area contributed by atoms with Crippen molar-refractivity contribution in [3.8, 4) is 0 Å². The minimum absolute atomic E-state index is 0.00374. The van der Waals surface area contributed by atoms with Crippen molar-refractivity contribution >= 4 is 0 Å². The van der Waals surface area contributed by atoms with Gasteiger partial charge < -0.3 is 14.6 Å². The maximum Gasteiger partial charge on any atom is 0.423 e. The molecular formula is C18H19F3N2O5. The number of rotatable bonds is 5. The molecule has 1 saturated heterocycles. The number of aromatic nitrogens is 2. The summed E-state index contributed by atoms with van der Waals surface area (Å²) in [6.45, 7) is 2.20. The summed E-state index contributed by atoms with van der Waals surface area (Å²) in [5.41, 5.74) is -2.09. The Morgan fingerprint density at radius 2 is 2.04 bits per heavy atom. The minimum atomic E-state index is -4.92. The number of ether oxygens (including phenoxy) is 2. The van der Waals surface area contributed by atoms with Crippen molar-refractivity contribution in [1.82, 2.24) is 9.55 Å². The molecule has 0 spiro atoms. The number of nitrogens with one attached hydrogen (secondary N) is 1. The summed E-state index contributed by atoms with van der Waals surface area (Å²) in [4.78, 5) is 24.9. The molecule has 1 aromatic heterocycles. The van der Waals surface area contributed by atoms with E-state index in [-0.39, 0.29) is 19.6 Å². The van der Waals surface area contributed by atoms with E-state index < -0.39 is 41.4 Å². The quantitative estimate of drug-likeness (QED) is 0.797. The molecule has 2 aromatic rings. The van der Waals surface area contributed by atoms with Crippen molar-refractivity contribution in [2.24, 2.45) is 0 Å². The lowest BCUT2D eigenvalue weighted by Crippen LogP contribution is -2.36. The predicted molar refractivity (Wildman–Crippen MR) is 91.7 cm³/mol. The molecule has 7 nitrogen and oxygen atoms in total. The number of halogens is 3. The molecular weight excluding hydrogens is 381 g/mol. The largest absolute Gasteiger partial charge is 0.423 e. The van der Waals surface area contributed by atoms with Gasteiger partial charge in [0.25, 0.3) is 5.56 Å². The van der Waals surface area contributed by atoms with Gasteiger partial charge in [0, 0.05) is 12.6 Å². The van der Waals surface area contributed by atoms with Gasteiger partial charge >= 0.3 is 11.9 Å². The van der Waals surface area contributed by atoms with Crippen LogP contribution in [0.1, 0.15) is 29.3 Å². The van der Waals surface area contributed by atoms with Crippen LogP contribution in [0.2, 0.25) is 0 Å². The molecule has 1 aromatic carbocycles. The normalized spacial score (nSPS) is 22.5. The molecule has 0 amide bonds. The van der Waals surface area contributed by atoms with Crippen molar-refractivity contribution in [3.63, 3.8) is 0 Å². The molecule has 0 saturated carbocycles. The summed E-state index contributed by atoms with van der Waals surface area (Å²) in [6, 6.07) is 7.58. The average molecular weight is 400 g/mol. The maximum absolute atomic E-state index is 12.9. The Kier molecular flexibility index (Phi) is 5.73. The SMILES string of the molecule is Cc1ccccc1COCC1OC(n2cc(C(F)(F)F)c(=O)[nH]c2=O)CC1O. The molecule has 28 heavy (non-hydrogen) atoms. The van der Waals surface area contributed by atoms with E-state index in [1.54, 1.807) is 4.98 Å². The Morgan fingerprint density at radius 3 is 2.71 bits per heavy atom. The Balaban J connectivity index is 1.69. The second kappa shape index (κ2) is 7.90. The van der Waals surface area contributed by atoms with Gasteiger partial charge in [-0.25, -0.2) is 4.79 Å². The average Bonchev–Trinajstić information content (AvgIpc) is 2.96. The maximum atomic E-state index is 12.9. The topological polar surface area (TPSA) is 93.5 Å². The van der Waals surface area contributed by atoms with E-state index in [1.165, 1.54) is 0 Å². The zero-order chi connectivity index (χ0) is 20.5. The molecule has 3 unspecified atom stereocenters. The van der Waals surface area contributed by atoms with Gasteiger partial charge in [-0.2, -0.15) is 13.2 Å². The van der Waals surface area contributed by atoms with Crippen LogP contribution in [0.4, 0.5) is 13.2 Å². The molecule has 3 atom stereocenters. The third-order valence-electron chi connectivity index (χ3n) is 4.59.